The van der Waals surface area contributed by atoms with Crippen LogP contribution in [-0.4, -0.2) is 48.8 Å². The smallest absolute Gasteiger partial charge is 0.321 e. The van der Waals surface area contributed by atoms with Crippen LogP contribution in [0.1, 0.15) is 45.4 Å². The zero-order valence-electron chi connectivity index (χ0n) is 15.3. The van der Waals surface area contributed by atoms with Gasteiger partial charge in [0.05, 0.1) is 11.4 Å². The number of para-hydroxylation sites is 2. The van der Waals surface area contributed by atoms with Gasteiger partial charge >= 0.3 is 6.03 Å². The summed E-state index contributed by atoms with van der Waals surface area (Å²) in [5.74, 6) is 0. The molecule has 2 saturated heterocycles. The number of carbonyl (C=O) groups excluding carboxylic acids is 1. The van der Waals surface area contributed by atoms with Crippen molar-refractivity contribution in [2.75, 3.05) is 43.0 Å². The summed E-state index contributed by atoms with van der Waals surface area (Å²) in [6, 6.07) is 8.10. The monoisotopic (exact) mass is 345 g/mol. The standard InChI is InChI=1S/C20H31N3O2/c1-2-20(16-24)10-14-23(15-11-20)19(25)21-17-8-4-5-9-18(17)22-12-6-3-7-13-22/h4-5,8-9,24H,2-3,6-7,10-16H2,1H3,(H,21,25). The van der Waals surface area contributed by atoms with E-state index in [1.807, 2.05) is 23.1 Å². The third-order valence-electron chi connectivity index (χ3n) is 6.04. The molecule has 2 fully saturated rings. The maximum Gasteiger partial charge on any atom is 0.321 e. The van der Waals surface area contributed by atoms with Crippen molar-refractivity contribution in [3.05, 3.63) is 24.3 Å². The molecular weight excluding hydrogens is 314 g/mol. The topological polar surface area (TPSA) is 55.8 Å². The van der Waals surface area contributed by atoms with Gasteiger partial charge in [-0.15, -0.1) is 0 Å². The van der Waals surface area contributed by atoms with Crippen LogP contribution in [0.5, 0.6) is 0 Å². The zero-order valence-corrected chi connectivity index (χ0v) is 15.3. The van der Waals surface area contributed by atoms with E-state index in [9.17, 15) is 9.90 Å². The summed E-state index contributed by atoms with van der Waals surface area (Å²) in [6.45, 7) is 5.90. The van der Waals surface area contributed by atoms with Gasteiger partial charge in [-0.3, -0.25) is 0 Å². The van der Waals surface area contributed by atoms with Crippen LogP contribution in [0.2, 0.25) is 0 Å². The molecule has 0 spiro atoms. The van der Waals surface area contributed by atoms with Crippen LogP contribution < -0.4 is 10.2 Å². The number of likely N-dealkylation sites (tertiary alicyclic amines) is 1. The molecule has 2 amide bonds. The molecular formula is C20H31N3O2. The van der Waals surface area contributed by atoms with Crippen LogP contribution in [0.15, 0.2) is 24.3 Å². The average Bonchev–Trinajstić information content (AvgIpc) is 2.69. The molecule has 2 aliphatic heterocycles. The maximum absolute atomic E-state index is 12.7. The minimum absolute atomic E-state index is 0.00247. The number of anilines is 2. The zero-order chi connectivity index (χ0) is 17.7. The van der Waals surface area contributed by atoms with Crippen LogP contribution >= 0.6 is 0 Å². The first-order valence-corrected chi connectivity index (χ1v) is 9.68. The molecule has 2 heterocycles. The number of hydrogen-bond acceptors (Lipinski definition) is 3. The molecule has 0 aliphatic carbocycles. The van der Waals surface area contributed by atoms with Crippen LogP contribution in [-0.2, 0) is 0 Å². The number of carbonyl (C=O) groups is 1. The second kappa shape index (κ2) is 8.09. The number of urea groups is 1. The molecule has 2 N–H and O–H groups in total. The molecule has 138 valence electrons. The van der Waals surface area contributed by atoms with Crippen molar-refractivity contribution in [1.82, 2.24) is 4.90 Å². The SMILES string of the molecule is CCC1(CO)CCN(C(=O)Nc2ccccc2N2CCCCC2)CC1. The Labute approximate surface area is 151 Å². The molecule has 5 heteroatoms. The molecule has 0 radical (unpaired) electrons. The second-order valence-electron chi connectivity index (χ2n) is 7.49. The number of rotatable bonds is 4. The lowest BCUT2D eigenvalue weighted by Gasteiger charge is -2.40. The van der Waals surface area contributed by atoms with Crippen molar-refractivity contribution in [2.45, 2.75) is 45.4 Å². The van der Waals surface area contributed by atoms with Gasteiger partial charge in [-0.2, -0.15) is 0 Å². The van der Waals surface area contributed by atoms with Gasteiger partial charge < -0.3 is 20.2 Å². The number of aliphatic hydroxyl groups excluding tert-OH is 1. The highest BCUT2D eigenvalue weighted by molar-refractivity contribution is 5.93. The summed E-state index contributed by atoms with van der Waals surface area (Å²) in [6.07, 6.45) is 6.45. The average molecular weight is 345 g/mol. The lowest BCUT2D eigenvalue weighted by atomic mass is 9.77. The maximum atomic E-state index is 12.7. The van der Waals surface area contributed by atoms with Gasteiger partial charge in [-0.1, -0.05) is 19.1 Å². The highest BCUT2D eigenvalue weighted by atomic mass is 16.3. The highest BCUT2D eigenvalue weighted by Gasteiger charge is 2.34. The van der Waals surface area contributed by atoms with Crippen molar-refractivity contribution in [3.63, 3.8) is 0 Å². The number of nitrogens with one attached hydrogen (secondary N) is 1. The van der Waals surface area contributed by atoms with Crippen LogP contribution in [0, 0.1) is 5.41 Å². The molecule has 0 saturated carbocycles. The summed E-state index contributed by atoms with van der Waals surface area (Å²) in [4.78, 5) is 17.0. The summed E-state index contributed by atoms with van der Waals surface area (Å²) in [5, 5.41) is 12.8. The molecule has 3 rings (SSSR count). The number of piperidine rings is 2. The molecule has 0 atom stereocenters. The number of benzene rings is 1. The first kappa shape index (κ1) is 18.1. The molecule has 1 aromatic carbocycles. The van der Waals surface area contributed by atoms with E-state index in [4.69, 9.17) is 0 Å². The third kappa shape index (κ3) is 4.09. The molecule has 0 aromatic heterocycles. The minimum Gasteiger partial charge on any atom is -0.396 e. The Morgan fingerprint density at radius 1 is 1.12 bits per heavy atom. The Morgan fingerprint density at radius 3 is 2.44 bits per heavy atom. The fourth-order valence-corrected chi connectivity index (χ4v) is 3.99. The van der Waals surface area contributed by atoms with Crippen molar-refractivity contribution in [3.8, 4) is 0 Å². The van der Waals surface area contributed by atoms with Crippen molar-refractivity contribution < 1.29 is 9.90 Å². The molecule has 0 bridgehead atoms. The lowest BCUT2D eigenvalue weighted by molar-refractivity contribution is 0.0542. The van der Waals surface area contributed by atoms with E-state index in [1.165, 1.54) is 19.3 Å². The Bertz CT molecular complexity index is 570. The Balaban J connectivity index is 1.64. The van der Waals surface area contributed by atoms with E-state index in [0.29, 0.717) is 13.1 Å². The molecule has 25 heavy (non-hydrogen) atoms. The first-order valence-electron chi connectivity index (χ1n) is 9.68. The molecule has 1 aromatic rings. The largest absolute Gasteiger partial charge is 0.396 e. The second-order valence-corrected chi connectivity index (χ2v) is 7.49. The predicted octanol–water partition coefficient (Wildman–Crippen LogP) is 3.69. The summed E-state index contributed by atoms with van der Waals surface area (Å²) in [5.41, 5.74) is 2.04. The van der Waals surface area contributed by atoms with Crippen LogP contribution in [0.4, 0.5) is 16.2 Å². The van der Waals surface area contributed by atoms with Gasteiger partial charge in [0, 0.05) is 32.8 Å². The molecule has 0 unspecified atom stereocenters. The Kier molecular flexibility index (Phi) is 5.84. The fraction of sp³-hybridized carbons (Fsp3) is 0.650. The number of nitrogens with zero attached hydrogens (tertiary/aromatic N) is 2. The predicted molar refractivity (Wildman–Crippen MR) is 102 cm³/mol. The Hall–Kier alpha value is -1.75. The van der Waals surface area contributed by atoms with Gasteiger partial charge in [-0.05, 0) is 56.1 Å². The number of aliphatic hydroxyl groups is 1. The van der Waals surface area contributed by atoms with Gasteiger partial charge in [0.25, 0.3) is 0 Å². The molecule has 5 nitrogen and oxygen atoms in total. The minimum atomic E-state index is -0.0212. The van der Waals surface area contributed by atoms with Gasteiger partial charge in [0.1, 0.15) is 0 Å². The van der Waals surface area contributed by atoms with Crippen molar-refractivity contribution in [1.29, 1.82) is 0 Å². The summed E-state index contributed by atoms with van der Waals surface area (Å²) < 4.78 is 0. The van der Waals surface area contributed by atoms with Gasteiger partial charge in [0.2, 0.25) is 0 Å². The molecule has 2 aliphatic rings. The van der Waals surface area contributed by atoms with Gasteiger partial charge in [0.15, 0.2) is 0 Å². The van der Waals surface area contributed by atoms with E-state index < -0.39 is 0 Å². The lowest BCUT2D eigenvalue weighted by Crippen LogP contribution is -2.46. The van der Waals surface area contributed by atoms with E-state index in [-0.39, 0.29) is 18.1 Å². The number of amides is 2. The fourth-order valence-electron chi connectivity index (χ4n) is 3.99. The number of hydrogen-bond donors (Lipinski definition) is 2. The van der Waals surface area contributed by atoms with Gasteiger partial charge in [-0.25, -0.2) is 4.79 Å². The highest BCUT2D eigenvalue weighted by Crippen LogP contribution is 2.35. The quantitative estimate of drug-likeness (QED) is 0.875. The van der Waals surface area contributed by atoms with E-state index in [0.717, 1.165) is 43.7 Å². The van der Waals surface area contributed by atoms with E-state index in [1.54, 1.807) is 0 Å². The summed E-state index contributed by atoms with van der Waals surface area (Å²) in [7, 11) is 0. The first-order chi connectivity index (χ1) is 12.2. The van der Waals surface area contributed by atoms with Crippen LogP contribution in [0.25, 0.3) is 0 Å². The Morgan fingerprint density at radius 2 is 1.80 bits per heavy atom. The normalized spacial score (nSPS) is 20.4. The van der Waals surface area contributed by atoms with E-state index >= 15 is 0 Å². The summed E-state index contributed by atoms with van der Waals surface area (Å²) >= 11 is 0. The van der Waals surface area contributed by atoms with E-state index in [2.05, 4.69) is 23.2 Å². The van der Waals surface area contributed by atoms with Crippen LogP contribution in [0.3, 0.4) is 0 Å². The van der Waals surface area contributed by atoms with Crippen molar-refractivity contribution >= 4 is 17.4 Å². The van der Waals surface area contributed by atoms with Crippen molar-refractivity contribution in [2.24, 2.45) is 5.41 Å². The third-order valence-corrected chi connectivity index (χ3v) is 6.04.